The zero-order chi connectivity index (χ0) is 11.5. The van der Waals surface area contributed by atoms with Gasteiger partial charge in [-0.25, -0.2) is 4.39 Å². The molecule has 1 atom stereocenters. The highest BCUT2D eigenvalue weighted by Gasteiger charge is 2.21. The van der Waals surface area contributed by atoms with Gasteiger partial charge in [0.1, 0.15) is 5.82 Å². The SMILES string of the molecule is C=CC(C)(CO)Cc1ccc(Br)cc1F. The highest BCUT2D eigenvalue weighted by atomic mass is 79.9. The molecule has 1 N–H and O–H groups in total. The lowest BCUT2D eigenvalue weighted by molar-refractivity contribution is 0.183. The van der Waals surface area contributed by atoms with E-state index in [1.165, 1.54) is 6.07 Å². The monoisotopic (exact) mass is 272 g/mol. The summed E-state index contributed by atoms with van der Waals surface area (Å²) in [6, 6.07) is 4.94. The summed E-state index contributed by atoms with van der Waals surface area (Å²) in [4.78, 5) is 0. The van der Waals surface area contributed by atoms with Crippen molar-refractivity contribution in [3.8, 4) is 0 Å². The van der Waals surface area contributed by atoms with Gasteiger partial charge in [0.2, 0.25) is 0 Å². The highest BCUT2D eigenvalue weighted by Crippen LogP contribution is 2.26. The minimum absolute atomic E-state index is 0.0357. The van der Waals surface area contributed by atoms with Crippen LogP contribution >= 0.6 is 15.9 Å². The van der Waals surface area contributed by atoms with Crippen molar-refractivity contribution in [3.63, 3.8) is 0 Å². The fourth-order valence-corrected chi connectivity index (χ4v) is 1.63. The third-order valence-electron chi connectivity index (χ3n) is 2.46. The molecule has 82 valence electrons. The Bertz CT molecular complexity index is 365. The van der Waals surface area contributed by atoms with E-state index in [2.05, 4.69) is 22.5 Å². The largest absolute Gasteiger partial charge is 0.395 e. The van der Waals surface area contributed by atoms with Gasteiger partial charge in [-0.1, -0.05) is 35.0 Å². The molecule has 0 amide bonds. The van der Waals surface area contributed by atoms with E-state index < -0.39 is 5.41 Å². The molecular formula is C12H14BrFO. The van der Waals surface area contributed by atoms with Crippen LogP contribution < -0.4 is 0 Å². The van der Waals surface area contributed by atoms with Gasteiger partial charge in [0.05, 0.1) is 6.61 Å². The van der Waals surface area contributed by atoms with Crippen LogP contribution in [0, 0.1) is 11.2 Å². The fourth-order valence-electron chi connectivity index (χ4n) is 1.29. The second-order valence-electron chi connectivity index (χ2n) is 3.93. The van der Waals surface area contributed by atoms with Crippen molar-refractivity contribution in [3.05, 3.63) is 46.7 Å². The first-order chi connectivity index (χ1) is 7.00. The predicted molar refractivity (Wildman–Crippen MR) is 63.2 cm³/mol. The summed E-state index contributed by atoms with van der Waals surface area (Å²) in [6.45, 7) is 5.47. The minimum Gasteiger partial charge on any atom is -0.395 e. The second kappa shape index (κ2) is 4.90. The number of aliphatic hydroxyl groups excluding tert-OH is 1. The summed E-state index contributed by atoms with van der Waals surface area (Å²) < 4.78 is 14.2. The zero-order valence-electron chi connectivity index (χ0n) is 8.63. The molecule has 0 saturated carbocycles. The molecule has 0 heterocycles. The van der Waals surface area contributed by atoms with E-state index >= 15 is 0 Å². The number of aliphatic hydroxyl groups is 1. The molecule has 0 aliphatic rings. The molecule has 15 heavy (non-hydrogen) atoms. The Hall–Kier alpha value is -0.670. The quantitative estimate of drug-likeness (QED) is 0.834. The number of hydrogen-bond acceptors (Lipinski definition) is 1. The molecule has 1 nitrogen and oxygen atoms in total. The Morgan fingerprint density at radius 1 is 1.60 bits per heavy atom. The van der Waals surface area contributed by atoms with Crippen molar-refractivity contribution < 1.29 is 9.50 Å². The second-order valence-corrected chi connectivity index (χ2v) is 4.84. The third-order valence-corrected chi connectivity index (χ3v) is 2.96. The molecule has 0 aromatic heterocycles. The van der Waals surface area contributed by atoms with Crippen LogP contribution in [0.2, 0.25) is 0 Å². The van der Waals surface area contributed by atoms with Crippen LogP contribution in [0.5, 0.6) is 0 Å². The minimum atomic E-state index is -0.464. The Labute approximate surface area is 97.8 Å². The van der Waals surface area contributed by atoms with E-state index in [4.69, 9.17) is 0 Å². The topological polar surface area (TPSA) is 20.2 Å². The standard InChI is InChI=1S/C12H14BrFO/c1-3-12(2,8-15)7-9-4-5-10(13)6-11(9)14/h3-6,15H,1,7-8H2,2H3. The average Bonchev–Trinajstić information content (AvgIpc) is 2.22. The van der Waals surface area contributed by atoms with E-state index in [0.29, 0.717) is 16.5 Å². The molecule has 0 radical (unpaired) electrons. The van der Waals surface area contributed by atoms with E-state index in [9.17, 15) is 9.50 Å². The summed E-state index contributed by atoms with van der Waals surface area (Å²) in [6.07, 6.45) is 2.11. The Balaban J connectivity index is 2.94. The van der Waals surface area contributed by atoms with E-state index in [-0.39, 0.29) is 12.4 Å². The average molecular weight is 273 g/mol. The lowest BCUT2D eigenvalue weighted by Gasteiger charge is -2.23. The lowest BCUT2D eigenvalue weighted by Crippen LogP contribution is -2.21. The fraction of sp³-hybridized carbons (Fsp3) is 0.333. The zero-order valence-corrected chi connectivity index (χ0v) is 10.2. The van der Waals surface area contributed by atoms with Crippen LogP contribution in [-0.4, -0.2) is 11.7 Å². The predicted octanol–water partition coefficient (Wildman–Crippen LogP) is 3.32. The van der Waals surface area contributed by atoms with Crippen molar-refractivity contribution in [1.29, 1.82) is 0 Å². The molecule has 1 rings (SSSR count). The van der Waals surface area contributed by atoms with E-state index in [1.807, 2.05) is 6.92 Å². The molecule has 0 aliphatic carbocycles. The van der Waals surface area contributed by atoms with Crippen LogP contribution in [0.25, 0.3) is 0 Å². The summed E-state index contributed by atoms with van der Waals surface area (Å²) >= 11 is 3.20. The van der Waals surface area contributed by atoms with Gasteiger partial charge in [-0.05, 0) is 24.1 Å². The van der Waals surface area contributed by atoms with Gasteiger partial charge in [-0.2, -0.15) is 0 Å². The maximum absolute atomic E-state index is 13.5. The first-order valence-corrected chi connectivity index (χ1v) is 5.48. The number of rotatable bonds is 4. The summed E-state index contributed by atoms with van der Waals surface area (Å²) in [7, 11) is 0. The maximum Gasteiger partial charge on any atom is 0.127 e. The molecule has 0 aliphatic heterocycles. The smallest absolute Gasteiger partial charge is 0.127 e. The highest BCUT2D eigenvalue weighted by molar-refractivity contribution is 9.10. The van der Waals surface area contributed by atoms with Gasteiger partial charge in [0.25, 0.3) is 0 Å². The summed E-state index contributed by atoms with van der Waals surface area (Å²) in [5, 5.41) is 9.19. The molecule has 0 bridgehead atoms. The molecule has 1 unspecified atom stereocenters. The number of benzene rings is 1. The molecule has 0 saturated heterocycles. The van der Waals surface area contributed by atoms with Crippen molar-refractivity contribution >= 4 is 15.9 Å². The molecule has 0 fully saturated rings. The lowest BCUT2D eigenvalue weighted by atomic mass is 9.84. The molecule has 3 heteroatoms. The van der Waals surface area contributed by atoms with Crippen LogP contribution in [-0.2, 0) is 6.42 Å². The molecular weight excluding hydrogens is 259 g/mol. The normalized spacial score (nSPS) is 14.7. The van der Waals surface area contributed by atoms with E-state index in [0.717, 1.165) is 0 Å². The van der Waals surface area contributed by atoms with Gasteiger partial charge >= 0.3 is 0 Å². The van der Waals surface area contributed by atoms with Crippen molar-refractivity contribution in [2.75, 3.05) is 6.61 Å². The summed E-state index contributed by atoms with van der Waals surface area (Å²) in [5.74, 6) is -0.258. The Morgan fingerprint density at radius 2 is 2.27 bits per heavy atom. The van der Waals surface area contributed by atoms with Crippen molar-refractivity contribution in [2.45, 2.75) is 13.3 Å². The maximum atomic E-state index is 13.5. The van der Waals surface area contributed by atoms with Gasteiger partial charge in [-0.15, -0.1) is 6.58 Å². The molecule has 1 aromatic carbocycles. The van der Waals surface area contributed by atoms with Crippen molar-refractivity contribution in [1.82, 2.24) is 0 Å². The van der Waals surface area contributed by atoms with Gasteiger partial charge < -0.3 is 5.11 Å². The van der Waals surface area contributed by atoms with Gasteiger partial charge in [-0.3, -0.25) is 0 Å². The number of halogens is 2. The first-order valence-electron chi connectivity index (χ1n) is 4.69. The Kier molecular flexibility index (Phi) is 4.05. The van der Waals surface area contributed by atoms with E-state index in [1.54, 1.807) is 18.2 Å². The van der Waals surface area contributed by atoms with Crippen LogP contribution in [0.15, 0.2) is 35.3 Å². The van der Waals surface area contributed by atoms with Crippen LogP contribution in [0.1, 0.15) is 12.5 Å². The molecule has 0 spiro atoms. The van der Waals surface area contributed by atoms with Crippen molar-refractivity contribution in [2.24, 2.45) is 5.41 Å². The van der Waals surface area contributed by atoms with Crippen LogP contribution in [0.3, 0.4) is 0 Å². The number of hydrogen-bond donors (Lipinski definition) is 1. The van der Waals surface area contributed by atoms with Gasteiger partial charge in [0.15, 0.2) is 0 Å². The van der Waals surface area contributed by atoms with Crippen LogP contribution in [0.4, 0.5) is 4.39 Å². The Morgan fingerprint density at radius 3 is 2.73 bits per heavy atom. The molecule has 1 aromatic rings. The first kappa shape index (κ1) is 12.4. The van der Waals surface area contributed by atoms with Gasteiger partial charge in [0, 0.05) is 9.89 Å². The third kappa shape index (κ3) is 3.14. The summed E-state index contributed by atoms with van der Waals surface area (Å²) in [5.41, 5.74) is 0.129.